The van der Waals surface area contributed by atoms with E-state index < -0.39 is 0 Å². The minimum atomic E-state index is -0.179. The highest BCUT2D eigenvalue weighted by Gasteiger charge is 2.28. The molecule has 0 spiro atoms. The van der Waals surface area contributed by atoms with Crippen molar-refractivity contribution in [3.63, 3.8) is 0 Å². The van der Waals surface area contributed by atoms with Gasteiger partial charge in [0.2, 0.25) is 0 Å². The van der Waals surface area contributed by atoms with Crippen LogP contribution in [0.25, 0.3) is 11.0 Å². The molecule has 3 heterocycles. The van der Waals surface area contributed by atoms with Crippen molar-refractivity contribution in [3.8, 4) is 0 Å². The Morgan fingerprint density at radius 1 is 1.03 bits per heavy atom. The Kier molecular flexibility index (Phi) is 5.71. The molecular weight excluding hydrogens is 378 g/mol. The largest absolute Gasteiger partial charge is 0.465 e. The van der Waals surface area contributed by atoms with Crippen LogP contribution in [0.15, 0.2) is 33.1 Å². The summed E-state index contributed by atoms with van der Waals surface area (Å²) in [5, 5.41) is 4.10. The van der Waals surface area contributed by atoms with E-state index in [4.69, 9.17) is 8.83 Å². The van der Waals surface area contributed by atoms with E-state index in [0.29, 0.717) is 12.3 Å². The molecule has 1 aromatic carbocycles. The van der Waals surface area contributed by atoms with Gasteiger partial charge in [-0.15, -0.1) is 0 Å². The molecule has 0 bridgehead atoms. The second kappa shape index (κ2) is 8.28. The topological polar surface area (TPSA) is 61.9 Å². The van der Waals surface area contributed by atoms with Crippen molar-refractivity contribution in [2.24, 2.45) is 0 Å². The number of nitrogens with one attached hydrogen (secondary N) is 1. The first-order chi connectivity index (χ1) is 14.3. The van der Waals surface area contributed by atoms with Gasteiger partial charge < -0.3 is 19.1 Å². The summed E-state index contributed by atoms with van der Waals surface area (Å²) in [5.74, 6) is 1.99. The number of furan rings is 2. The summed E-state index contributed by atoms with van der Waals surface area (Å²) >= 11 is 0. The lowest BCUT2D eigenvalue weighted by Crippen LogP contribution is -2.48. The van der Waals surface area contributed by atoms with Crippen LogP contribution in [0.1, 0.15) is 44.8 Å². The molecule has 1 atom stereocenters. The van der Waals surface area contributed by atoms with Crippen molar-refractivity contribution < 1.29 is 13.6 Å². The normalized spacial score (nSPS) is 16.8. The van der Waals surface area contributed by atoms with E-state index in [-0.39, 0.29) is 11.9 Å². The van der Waals surface area contributed by atoms with Crippen molar-refractivity contribution in [1.82, 2.24) is 15.1 Å². The van der Waals surface area contributed by atoms with E-state index in [9.17, 15) is 4.79 Å². The van der Waals surface area contributed by atoms with Gasteiger partial charge in [0.1, 0.15) is 17.1 Å². The van der Waals surface area contributed by atoms with Gasteiger partial charge >= 0.3 is 0 Å². The SMILES string of the molecule is Cc1ccc([C@@H](CNC(=O)c2oc3cc(C)c(C)cc3c2C)N2CCN(C)CC2)o1. The zero-order chi connectivity index (χ0) is 21.4. The van der Waals surface area contributed by atoms with Gasteiger partial charge in [-0.2, -0.15) is 0 Å². The van der Waals surface area contributed by atoms with Crippen LogP contribution in [0.2, 0.25) is 0 Å². The molecule has 2 aromatic heterocycles. The number of amides is 1. The molecule has 0 aliphatic carbocycles. The second-order valence-electron chi connectivity index (χ2n) is 8.50. The highest BCUT2D eigenvalue weighted by molar-refractivity contribution is 5.99. The maximum absolute atomic E-state index is 13.0. The van der Waals surface area contributed by atoms with Crippen LogP contribution in [0.4, 0.5) is 0 Å². The number of fused-ring (bicyclic) bond motifs is 1. The average molecular weight is 410 g/mol. The molecule has 0 unspecified atom stereocenters. The van der Waals surface area contributed by atoms with E-state index in [1.807, 2.05) is 32.0 Å². The van der Waals surface area contributed by atoms with E-state index in [1.165, 1.54) is 5.56 Å². The molecule has 1 aliphatic rings. The Labute approximate surface area is 177 Å². The van der Waals surface area contributed by atoms with Crippen LogP contribution >= 0.6 is 0 Å². The van der Waals surface area contributed by atoms with Gasteiger partial charge in [-0.3, -0.25) is 9.69 Å². The van der Waals surface area contributed by atoms with Crippen molar-refractivity contribution in [2.45, 2.75) is 33.7 Å². The molecule has 0 saturated carbocycles. The molecule has 1 N–H and O–H groups in total. The molecule has 160 valence electrons. The second-order valence-corrected chi connectivity index (χ2v) is 8.50. The van der Waals surface area contributed by atoms with Gasteiger partial charge in [-0.1, -0.05) is 0 Å². The quantitative estimate of drug-likeness (QED) is 0.691. The monoisotopic (exact) mass is 409 g/mol. The molecule has 30 heavy (non-hydrogen) atoms. The van der Waals surface area contributed by atoms with E-state index in [2.05, 4.69) is 42.1 Å². The van der Waals surface area contributed by atoms with E-state index >= 15 is 0 Å². The summed E-state index contributed by atoms with van der Waals surface area (Å²) in [6.07, 6.45) is 0. The van der Waals surface area contributed by atoms with E-state index in [1.54, 1.807) is 0 Å². The number of likely N-dealkylation sites (N-methyl/N-ethyl adjacent to an activating group) is 1. The Hall–Kier alpha value is -2.57. The number of carbonyl (C=O) groups is 1. The van der Waals surface area contributed by atoms with Crippen LogP contribution in [0.5, 0.6) is 0 Å². The number of piperazine rings is 1. The molecule has 1 amide bonds. The van der Waals surface area contributed by atoms with Gasteiger partial charge in [0.05, 0.1) is 6.04 Å². The van der Waals surface area contributed by atoms with Gasteiger partial charge in [-0.25, -0.2) is 0 Å². The zero-order valence-corrected chi connectivity index (χ0v) is 18.5. The molecule has 4 rings (SSSR count). The highest BCUT2D eigenvalue weighted by atomic mass is 16.3. The molecule has 1 fully saturated rings. The van der Waals surface area contributed by atoms with Crippen molar-refractivity contribution in [2.75, 3.05) is 39.8 Å². The lowest BCUT2D eigenvalue weighted by atomic mass is 10.0. The highest BCUT2D eigenvalue weighted by Crippen LogP contribution is 2.28. The number of benzene rings is 1. The smallest absolute Gasteiger partial charge is 0.287 e. The molecule has 1 saturated heterocycles. The average Bonchev–Trinajstić information content (AvgIpc) is 3.27. The molecule has 6 heteroatoms. The Morgan fingerprint density at radius 2 is 1.73 bits per heavy atom. The molecular formula is C24H31N3O3. The summed E-state index contributed by atoms with van der Waals surface area (Å²) in [4.78, 5) is 17.7. The lowest BCUT2D eigenvalue weighted by Gasteiger charge is -2.37. The summed E-state index contributed by atoms with van der Waals surface area (Å²) in [7, 11) is 2.14. The summed E-state index contributed by atoms with van der Waals surface area (Å²) in [5.41, 5.74) is 4.00. The maximum atomic E-state index is 13.0. The predicted molar refractivity (Wildman–Crippen MR) is 118 cm³/mol. The Morgan fingerprint density at radius 3 is 2.40 bits per heavy atom. The summed E-state index contributed by atoms with van der Waals surface area (Å²) in [6, 6.07) is 8.11. The molecule has 1 aliphatic heterocycles. The van der Waals surface area contributed by atoms with Crippen LogP contribution in [-0.2, 0) is 0 Å². The van der Waals surface area contributed by atoms with Gasteiger partial charge in [-0.05, 0) is 70.1 Å². The number of rotatable bonds is 5. The number of hydrogen-bond acceptors (Lipinski definition) is 5. The number of aryl methyl sites for hydroxylation is 4. The van der Waals surface area contributed by atoms with Crippen LogP contribution in [-0.4, -0.2) is 55.5 Å². The third kappa shape index (κ3) is 4.02. The van der Waals surface area contributed by atoms with Gasteiger partial charge in [0.25, 0.3) is 5.91 Å². The van der Waals surface area contributed by atoms with Crippen molar-refractivity contribution in [3.05, 3.63) is 58.2 Å². The van der Waals surface area contributed by atoms with Crippen molar-refractivity contribution in [1.29, 1.82) is 0 Å². The van der Waals surface area contributed by atoms with E-state index in [0.717, 1.165) is 59.8 Å². The molecule has 3 aromatic rings. The first-order valence-electron chi connectivity index (χ1n) is 10.6. The standard InChI is InChI=1S/C24H31N3O3/c1-15-12-19-18(4)23(30-22(19)13-16(15)2)24(28)25-14-20(21-7-6-17(3)29-21)27-10-8-26(5)9-11-27/h6-7,12-13,20H,8-11,14H2,1-5H3,(H,25,28)/t20-/m1/s1. The lowest BCUT2D eigenvalue weighted by molar-refractivity contribution is 0.0831. The Bertz CT molecular complexity index is 1060. The maximum Gasteiger partial charge on any atom is 0.287 e. The third-order valence-electron chi connectivity index (χ3n) is 6.28. The number of carbonyl (C=O) groups excluding carboxylic acids is 1. The van der Waals surface area contributed by atoms with Crippen LogP contribution in [0.3, 0.4) is 0 Å². The minimum Gasteiger partial charge on any atom is -0.465 e. The minimum absolute atomic E-state index is 0.00511. The fraction of sp³-hybridized carbons (Fsp3) is 0.458. The van der Waals surface area contributed by atoms with Gasteiger partial charge in [0, 0.05) is 43.7 Å². The molecule has 0 radical (unpaired) electrons. The zero-order valence-electron chi connectivity index (χ0n) is 18.5. The van der Waals surface area contributed by atoms with Crippen LogP contribution < -0.4 is 5.32 Å². The first kappa shape index (κ1) is 20.7. The Balaban J connectivity index is 1.54. The first-order valence-corrected chi connectivity index (χ1v) is 10.6. The fourth-order valence-corrected chi connectivity index (χ4v) is 4.14. The number of nitrogens with zero attached hydrogens (tertiary/aromatic N) is 2. The van der Waals surface area contributed by atoms with Crippen LogP contribution in [0, 0.1) is 27.7 Å². The van der Waals surface area contributed by atoms with Gasteiger partial charge in [0.15, 0.2) is 5.76 Å². The van der Waals surface area contributed by atoms with Crippen molar-refractivity contribution >= 4 is 16.9 Å². The number of hydrogen-bond donors (Lipinski definition) is 1. The summed E-state index contributed by atoms with van der Waals surface area (Å²) in [6.45, 7) is 12.4. The molecule has 6 nitrogen and oxygen atoms in total. The fourth-order valence-electron chi connectivity index (χ4n) is 4.14. The predicted octanol–water partition coefficient (Wildman–Crippen LogP) is 3.98. The third-order valence-corrected chi connectivity index (χ3v) is 6.28. The summed E-state index contributed by atoms with van der Waals surface area (Å²) < 4.78 is 11.9.